The lowest BCUT2D eigenvalue weighted by Crippen LogP contribution is -2.50. The van der Waals surface area contributed by atoms with Gasteiger partial charge in [0.1, 0.15) is 0 Å². The average Bonchev–Trinajstić information content (AvgIpc) is 3.05. The fourth-order valence-electron chi connectivity index (χ4n) is 3.48. The Morgan fingerprint density at radius 1 is 1.24 bits per heavy atom. The molecule has 21 heavy (non-hydrogen) atoms. The van der Waals surface area contributed by atoms with Gasteiger partial charge in [-0.25, -0.2) is 0 Å². The largest absolute Gasteiger partial charge is 0.354 e. The summed E-state index contributed by atoms with van der Waals surface area (Å²) in [6, 6.07) is 0.569. The van der Waals surface area contributed by atoms with E-state index in [9.17, 15) is 4.79 Å². The first-order chi connectivity index (χ1) is 9.12. The van der Waals surface area contributed by atoms with Gasteiger partial charge in [-0.15, -0.1) is 24.8 Å². The van der Waals surface area contributed by atoms with Crippen LogP contribution in [0.3, 0.4) is 0 Å². The first-order valence-electron chi connectivity index (χ1n) is 7.80. The van der Waals surface area contributed by atoms with Gasteiger partial charge < -0.3 is 15.5 Å². The summed E-state index contributed by atoms with van der Waals surface area (Å²) in [4.78, 5) is 14.3. The summed E-state index contributed by atoms with van der Waals surface area (Å²) >= 11 is 0. The molecule has 0 bridgehead atoms. The van der Waals surface area contributed by atoms with E-state index in [2.05, 4.69) is 29.6 Å². The van der Waals surface area contributed by atoms with Crippen LogP contribution in [0.15, 0.2) is 0 Å². The van der Waals surface area contributed by atoms with Crippen LogP contribution in [-0.2, 0) is 4.79 Å². The maximum absolute atomic E-state index is 12.0. The predicted molar refractivity (Wildman–Crippen MR) is 92.7 cm³/mol. The number of nitrogens with one attached hydrogen (secondary N) is 2. The number of carbonyl (C=O) groups excluding carboxylic acids is 1. The molecule has 1 atom stereocenters. The number of rotatable bonds is 6. The minimum Gasteiger partial charge on any atom is -0.354 e. The van der Waals surface area contributed by atoms with Crippen LogP contribution in [0.2, 0.25) is 0 Å². The Bertz CT molecular complexity index is 301. The molecule has 1 aliphatic carbocycles. The first kappa shape index (κ1) is 21.0. The Labute approximate surface area is 141 Å². The Morgan fingerprint density at radius 3 is 2.43 bits per heavy atom. The standard InChI is InChI=1S/C15H29N3O.2ClH/c1-18(2)15(9-3-4-10-15)12-17-14(19)8-7-13-6-5-11-16-13;;/h13,16H,3-12H2,1-2H3,(H,17,19);2*1H. The number of carbonyl (C=O) groups is 1. The van der Waals surface area contributed by atoms with Crippen LogP contribution in [0.25, 0.3) is 0 Å². The van der Waals surface area contributed by atoms with E-state index in [1.807, 2.05) is 0 Å². The number of hydrogen-bond acceptors (Lipinski definition) is 3. The van der Waals surface area contributed by atoms with Crippen LogP contribution in [0, 0.1) is 0 Å². The third-order valence-electron chi connectivity index (χ3n) is 4.98. The predicted octanol–water partition coefficient (Wildman–Crippen LogP) is 2.35. The van der Waals surface area contributed by atoms with Crippen LogP contribution >= 0.6 is 24.8 Å². The van der Waals surface area contributed by atoms with Gasteiger partial charge in [-0.3, -0.25) is 4.79 Å². The van der Waals surface area contributed by atoms with E-state index >= 15 is 0 Å². The lowest BCUT2D eigenvalue weighted by Gasteiger charge is -2.36. The monoisotopic (exact) mass is 339 g/mol. The van der Waals surface area contributed by atoms with Gasteiger partial charge in [0.2, 0.25) is 5.91 Å². The fraction of sp³-hybridized carbons (Fsp3) is 0.933. The van der Waals surface area contributed by atoms with E-state index in [0.717, 1.165) is 19.5 Å². The number of halogens is 2. The van der Waals surface area contributed by atoms with Gasteiger partial charge in [-0.1, -0.05) is 12.8 Å². The van der Waals surface area contributed by atoms with Crippen LogP contribution in [0.5, 0.6) is 0 Å². The van der Waals surface area contributed by atoms with Crippen LogP contribution in [0.4, 0.5) is 0 Å². The van der Waals surface area contributed by atoms with Gasteiger partial charge >= 0.3 is 0 Å². The van der Waals surface area contributed by atoms with Crippen molar-refractivity contribution in [2.24, 2.45) is 0 Å². The molecule has 1 aliphatic heterocycles. The molecule has 1 unspecified atom stereocenters. The van der Waals surface area contributed by atoms with Crippen LogP contribution in [0.1, 0.15) is 51.4 Å². The van der Waals surface area contributed by atoms with Crippen LogP contribution < -0.4 is 10.6 Å². The van der Waals surface area contributed by atoms with Crippen molar-refractivity contribution >= 4 is 30.7 Å². The van der Waals surface area contributed by atoms with Gasteiger partial charge in [0.25, 0.3) is 0 Å². The molecule has 1 saturated heterocycles. The number of likely N-dealkylation sites (N-methyl/N-ethyl adjacent to an activating group) is 1. The van der Waals surface area contributed by atoms with Crippen molar-refractivity contribution in [1.82, 2.24) is 15.5 Å². The van der Waals surface area contributed by atoms with E-state index in [4.69, 9.17) is 0 Å². The molecule has 4 nitrogen and oxygen atoms in total. The zero-order chi connectivity index (χ0) is 13.7. The Kier molecular flexibility index (Phi) is 9.87. The molecule has 1 heterocycles. The van der Waals surface area contributed by atoms with Gasteiger partial charge in [0, 0.05) is 24.5 Å². The van der Waals surface area contributed by atoms with Crippen molar-refractivity contribution in [3.05, 3.63) is 0 Å². The fourth-order valence-corrected chi connectivity index (χ4v) is 3.48. The molecule has 0 aromatic rings. The van der Waals surface area contributed by atoms with E-state index in [0.29, 0.717) is 12.5 Å². The maximum atomic E-state index is 12.0. The molecule has 2 aliphatic rings. The highest BCUT2D eigenvalue weighted by Gasteiger charge is 2.36. The molecular formula is C15H31Cl2N3O. The Hall–Kier alpha value is -0.0300. The summed E-state index contributed by atoms with van der Waals surface area (Å²) in [5.74, 6) is 0.224. The molecule has 0 aromatic heterocycles. The van der Waals surface area contributed by atoms with Crippen molar-refractivity contribution in [1.29, 1.82) is 0 Å². The molecule has 0 radical (unpaired) electrons. The second-order valence-corrected chi connectivity index (χ2v) is 6.43. The lowest BCUT2D eigenvalue weighted by molar-refractivity contribution is -0.121. The summed E-state index contributed by atoms with van der Waals surface area (Å²) in [6.07, 6.45) is 9.15. The van der Waals surface area contributed by atoms with E-state index in [1.54, 1.807) is 0 Å². The third kappa shape index (κ3) is 5.93. The summed E-state index contributed by atoms with van der Waals surface area (Å²) in [5.41, 5.74) is 0.210. The van der Waals surface area contributed by atoms with Gasteiger partial charge in [0.15, 0.2) is 0 Å². The molecule has 6 heteroatoms. The maximum Gasteiger partial charge on any atom is 0.220 e. The minimum absolute atomic E-state index is 0. The second kappa shape index (κ2) is 9.88. The lowest BCUT2D eigenvalue weighted by atomic mass is 9.96. The molecule has 1 saturated carbocycles. The molecule has 2 N–H and O–H groups in total. The van der Waals surface area contributed by atoms with Gasteiger partial charge in [-0.05, 0) is 52.7 Å². The van der Waals surface area contributed by atoms with Crippen molar-refractivity contribution in [3.8, 4) is 0 Å². The molecule has 2 rings (SSSR count). The van der Waals surface area contributed by atoms with Crippen molar-refractivity contribution in [3.63, 3.8) is 0 Å². The first-order valence-corrected chi connectivity index (χ1v) is 7.80. The van der Waals surface area contributed by atoms with Crippen LogP contribution in [-0.4, -0.2) is 49.6 Å². The molecule has 1 amide bonds. The van der Waals surface area contributed by atoms with E-state index in [1.165, 1.54) is 38.5 Å². The summed E-state index contributed by atoms with van der Waals surface area (Å²) in [5, 5.41) is 6.61. The highest BCUT2D eigenvalue weighted by molar-refractivity contribution is 5.85. The summed E-state index contributed by atoms with van der Waals surface area (Å²) < 4.78 is 0. The van der Waals surface area contributed by atoms with Gasteiger partial charge in [-0.2, -0.15) is 0 Å². The smallest absolute Gasteiger partial charge is 0.220 e. The molecule has 0 aromatic carbocycles. The third-order valence-corrected chi connectivity index (χ3v) is 4.98. The Balaban J connectivity index is 0.00000200. The van der Waals surface area contributed by atoms with Crippen molar-refractivity contribution < 1.29 is 4.79 Å². The molecule has 126 valence electrons. The highest BCUT2D eigenvalue weighted by Crippen LogP contribution is 2.33. The highest BCUT2D eigenvalue weighted by atomic mass is 35.5. The van der Waals surface area contributed by atoms with Crippen molar-refractivity contribution in [2.45, 2.75) is 62.9 Å². The SMILES string of the molecule is CN(C)C1(CNC(=O)CCC2CCCN2)CCCC1.Cl.Cl. The number of hydrogen-bond donors (Lipinski definition) is 2. The van der Waals surface area contributed by atoms with E-state index in [-0.39, 0.29) is 36.3 Å². The molecular weight excluding hydrogens is 309 g/mol. The number of amides is 1. The van der Waals surface area contributed by atoms with Crippen molar-refractivity contribution in [2.75, 3.05) is 27.2 Å². The normalized spacial score (nSPS) is 23.5. The van der Waals surface area contributed by atoms with E-state index < -0.39 is 0 Å². The zero-order valence-corrected chi connectivity index (χ0v) is 15.0. The van der Waals surface area contributed by atoms with Gasteiger partial charge in [0.05, 0.1) is 0 Å². The quantitative estimate of drug-likeness (QED) is 0.780. The molecule has 2 fully saturated rings. The second-order valence-electron chi connectivity index (χ2n) is 6.43. The Morgan fingerprint density at radius 2 is 1.90 bits per heavy atom. The molecule has 0 spiro atoms. The number of nitrogens with zero attached hydrogens (tertiary/aromatic N) is 1. The summed E-state index contributed by atoms with van der Waals surface area (Å²) in [6.45, 7) is 1.94. The topological polar surface area (TPSA) is 44.4 Å². The summed E-state index contributed by atoms with van der Waals surface area (Å²) in [7, 11) is 4.28. The zero-order valence-electron chi connectivity index (χ0n) is 13.3. The minimum atomic E-state index is 0. The average molecular weight is 340 g/mol.